The van der Waals surface area contributed by atoms with Crippen molar-refractivity contribution in [3.63, 3.8) is 0 Å². The van der Waals surface area contributed by atoms with E-state index in [2.05, 4.69) is 4.98 Å². The molecule has 0 fully saturated rings. The van der Waals surface area contributed by atoms with Crippen LogP contribution in [0.4, 0.5) is 13.2 Å². The number of hydrogen-bond acceptors (Lipinski definition) is 5. The maximum Gasteiger partial charge on any atom is 0.416 e. The molecule has 0 amide bonds. The zero-order valence-corrected chi connectivity index (χ0v) is 14.5. The highest BCUT2D eigenvalue weighted by Crippen LogP contribution is 2.39. The number of nitrogens with zero attached hydrogens (tertiary/aromatic N) is 3. The van der Waals surface area contributed by atoms with Crippen molar-refractivity contribution in [2.75, 3.05) is 0 Å². The molecule has 0 bridgehead atoms. The van der Waals surface area contributed by atoms with Gasteiger partial charge in [-0.15, -0.1) is 0 Å². The molecule has 0 aliphatic carbocycles. The number of pyridine rings is 1. The molecule has 7 nitrogen and oxygen atoms in total. The largest absolute Gasteiger partial charge is 0.480 e. The molecule has 0 radical (unpaired) electrons. The molecule has 144 valence electrons. The summed E-state index contributed by atoms with van der Waals surface area (Å²) in [4.78, 5) is 29.3. The van der Waals surface area contributed by atoms with Crippen molar-refractivity contribution < 1.29 is 22.7 Å². The Kier molecular flexibility index (Phi) is 3.64. The van der Waals surface area contributed by atoms with Gasteiger partial charge in [0.2, 0.25) is 0 Å². The number of halogens is 3. The minimum atomic E-state index is -4.52. The average molecular weight is 391 g/mol. The summed E-state index contributed by atoms with van der Waals surface area (Å²) in [5, 5.41) is 10.2. The van der Waals surface area contributed by atoms with Crippen LogP contribution in [0.1, 0.15) is 5.56 Å². The van der Waals surface area contributed by atoms with Crippen LogP contribution in [0.3, 0.4) is 0 Å². The van der Waals surface area contributed by atoms with Crippen molar-refractivity contribution in [2.24, 2.45) is 14.1 Å². The fraction of sp³-hybridized carbons (Fsp3) is 0.167. The van der Waals surface area contributed by atoms with Crippen LogP contribution in [0, 0.1) is 0 Å². The second-order valence-corrected chi connectivity index (χ2v) is 6.27. The second-order valence-electron chi connectivity index (χ2n) is 6.27. The zero-order valence-electron chi connectivity index (χ0n) is 14.5. The summed E-state index contributed by atoms with van der Waals surface area (Å²) in [6.45, 7) is 0. The Morgan fingerprint density at radius 2 is 1.68 bits per heavy atom. The van der Waals surface area contributed by atoms with E-state index in [-0.39, 0.29) is 33.1 Å². The van der Waals surface area contributed by atoms with Crippen LogP contribution in [0.5, 0.6) is 5.95 Å². The van der Waals surface area contributed by atoms with Crippen molar-refractivity contribution in [1.29, 1.82) is 0 Å². The number of aryl methyl sites for hydroxylation is 1. The van der Waals surface area contributed by atoms with Gasteiger partial charge in [-0.2, -0.15) is 13.2 Å². The minimum absolute atomic E-state index is 0.0199. The molecule has 0 atom stereocenters. The molecule has 1 N–H and O–H groups in total. The van der Waals surface area contributed by atoms with Gasteiger partial charge in [0.05, 0.1) is 16.3 Å². The molecule has 4 aromatic rings. The Bertz CT molecular complexity index is 1360. The van der Waals surface area contributed by atoms with Gasteiger partial charge in [-0.1, -0.05) is 12.1 Å². The third-order valence-corrected chi connectivity index (χ3v) is 4.61. The Morgan fingerprint density at radius 1 is 1.04 bits per heavy atom. The summed E-state index contributed by atoms with van der Waals surface area (Å²) in [7, 11) is 2.69. The fourth-order valence-corrected chi connectivity index (χ4v) is 3.19. The molecule has 3 aromatic heterocycles. The molecule has 0 saturated heterocycles. The molecule has 0 aliphatic rings. The molecule has 0 saturated carbocycles. The van der Waals surface area contributed by atoms with Crippen LogP contribution in [0.2, 0.25) is 0 Å². The third-order valence-electron chi connectivity index (χ3n) is 4.61. The summed E-state index contributed by atoms with van der Waals surface area (Å²) >= 11 is 0. The van der Waals surface area contributed by atoms with Crippen LogP contribution in [-0.4, -0.2) is 19.2 Å². The highest BCUT2D eigenvalue weighted by Gasteiger charge is 2.30. The minimum Gasteiger partial charge on any atom is -0.480 e. The van der Waals surface area contributed by atoms with E-state index in [1.807, 2.05) is 0 Å². The fourth-order valence-electron chi connectivity index (χ4n) is 3.19. The van der Waals surface area contributed by atoms with Gasteiger partial charge in [0.25, 0.3) is 11.5 Å². The Labute approximate surface area is 153 Å². The SMILES string of the molecule is Cn1c(=O)c2c(-c3ccc(C(F)(F)F)cc3)c3c(O)occ3nc2n(C)c1=O. The van der Waals surface area contributed by atoms with E-state index in [4.69, 9.17) is 4.42 Å². The lowest BCUT2D eigenvalue weighted by atomic mass is 9.98. The predicted octanol–water partition coefficient (Wildman–Crippen LogP) is 2.77. The van der Waals surface area contributed by atoms with E-state index in [1.54, 1.807) is 0 Å². The van der Waals surface area contributed by atoms with Gasteiger partial charge in [-0.25, -0.2) is 9.78 Å². The van der Waals surface area contributed by atoms with Crippen LogP contribution in [0.25, 0.3) is 33.1 Å². The van der Waals surface area contributed by atoms with E-state index in [0.29, 0.717) is 0 Å². The van der Waals surface area contributed by atoms with E-state index < -0.39 is 28.9 Å². The summed E-state index contributed by atoms with van der Waals surface area (Å²) in [6, 6.07) is 4.12. The number of rotatable bonds is 1. The maximum absolute atomic E-state index is 12.9. The summed E-state index contributed by atoms with van der Waals surface area (Å²) in [5.41, 5.74) is -1.62. The van der Waals surface area contributed by atoms with Gasteiger partial charge in [0.15, 0.2) is 5.65 Å². The summed E-state index contributed by atoms with van der Waals surface area (Å²) in [5.74, 6) is -0.532. The number of aromatic nitrogens is 3. The van der Waals surface area contributed by atoms with Gasteiger partial charge in [0.1, 0.15) is 11.8 Å². The quantitative estimate of drug-likeness (QED) is 0.539. The van der Waals surface area contributed by atoms with Crippen molar-refractivity contribution >= 4 is 21.9 Å². The van der Waals surface area contributed by atoms with E-state index in [0.717, 1.165) is 27.5 Å². The molecule has 4 rings (SSSR count). The Hall–Kier alpha value is -3.56. The molecule has 3 heterocycles. The third kappa shape index (κ3) is 2.41. The molecule has 10 heteroatoms. The number of hydrogen-bond donors (Lipinski definition) is 1. The maximum atomic E-state index is 12.9. The first-order valence-corrected chi connectivity index (χ1v) is 7.98. The lowest BCUT2D eigenvalue weighted by molar-refractivity contribution is -0.137. The highest BCUT2D eigenvalue weighted by atomic mass is 19.4. The van der Waals surface area contributed by atoms with Crippen LogP contribution < -0.4 is 11.2 Å². The number of alkyl halides is 3. The van der Waals surface area contributed by atoms with E-state index >= 15 is 0 Å². The Morgan fingerprint density at radius 3 is 2.29 bits per heavy atom. The van der Waals surface area contributed by atoms with Gasteiger partial charge in [0, 0.05) is 19.7 Å². The molecule has 1 aromatic carbocycles. The van der Waals surface area contributed by atoms with Crippen molar-refractivity contribution in [3.8, 4) is 17.1 Å². The van der Waals surface area contributed by atoms with Crippen molar-refractivity contribution in [2.45, 2.75) is 6.18 Å². The monoisotopic (exact) mass is 391 g/mol. The van der Waals surface area contributed by atoms with Gasteiger partial charge < -0.3 is 9.52 Å². The first-order valence-electron chi connectivity index (χ1n) is 7.98. The van der Waals surface area contributed by atoms with Gasteiger partial charge in [-0.05, 0) is 17.7 Å². The van der Waals surface area contributed by atoms with Gasteiger partial charge >= 0.3 is 11.9 Å². The zero-order chi connectivity index (χ0) is 20.4. The number of furan rings is 1. The smallest absolute Gasteiger partial charge is 0.416 e. The first-order chi connectivity index (χ1) is 13.1. The van der Waals surface area contributed by atoms with Crippen LogP contribution in [0.15, 0.2) is 44.5 Å². The van der Waals surface area contributed by atoms with Crippen molar-refractivity contribution in [1.82, 2.24) is 14.1 Å². The number of aromatic hydroxyl groups is 1. The molecule has 28 heavy (non-hydrogen) atoms. The van der Waals surface area contributed by atoms with Crippen molar-refractivity contribution in [3.05, 3.63) is 56.9 Å². The summed E-state index contributed by atoms with van der Waals surface area (Å²) in [6.07, 6.45) is -3.38. The normalized spacial score (nSPS) is 12.2. The number of benzene rings is 1. The second kappa shape index (κ2) is 5.72. The lowest BCUT2D eigenvalue weighted by Crippen LogP contribution is -2.37. The average Bonchev–Trinajstić information content (AvgIpc) is 3.03. The lowest BCUT2D eigenvalue weighted by Gasteiger charge is -2.13. The van der Waals surface area contributed by atoms with Crippen LogP contribution >= 0.6 is 0 Å². The standard InChI is InChI=1S/C18H12F3N3O4/c1-23-14-13(15(25)24(2)17(23)27)11(12-10(22-14)7-28-16(12)26)8-3-5-9(6-4-8)18(19,20)21/h3-7,26H,1-2H3. The van der Waals surface area contributed by atoms with Gasteiger partial charge in [-0.3, -0.25) is 13.9 Å². The molecule has 0 unspecified atom stereocenters. The van der Waals surface area contributed by atoms with E-state index in [9.17, 15) is 27.9 Å². The Balaban J connectivity index is 2.21. The molecule has 0 spiro atoms. The molecular weight excluding hydrogens is 379 g/mol. The number of fused-ring (bicyclic) bond motifs is 2. The molecular formula is C18H12F3N3O4. The topological polar surface area (TPSA) is 90.3 Å². The first kappa shape index (κ1) is 17.8. The van der Waals surface area contributed by atoms with Crippen LogP contribution in [-0.2, 0) is 20.3 Å². The summed E-state index contributed by atoms with van der Waals surface area (Å²) < 4.78 is 45.7. The predicted molar refractivity (Wildman–Crippen MR) is 94.1 cm³/mol. The highest BCUT2D eigenvalue weighted by molar-refractivity contribution is 6.10. The molecule has 0 aliphatic heterocycles. The van der Waals surface area contributed by atoms with E-state index in [1.165, 1.54) is 26.2 Å².